The molecule has 0 aromatic heterocycles. The molecule has 0 saturated heterocycles. The molecule has 0 spiro atoms. The molecule has 112 valence electrons. The number of rotatable bonds is 5. The van der Waals surface area contributed by atoms with E-state index in [-0.39, 0.29) is 0 Å². The summed E-state index contributed by atoms with van der Waals surface area (Å²) in [5, 5.41) is 10.5. The van der Waals surface area contributed by atoms with E-state index in [0.29, 0.717) is 6.42 Å². The third-order valence-electron chi connectivity index (χ3n) is 3.67. The van der Waals surface area contributed by atoms with Crippen LogP contribution in [-0.2, 0) is 6.42 Å². The van der Waals surface area contributed by atoms with E-state index in [1.54, 1.807) is 14.2 Å². The number of aliphatic hydroxyl groups is 1. The highest BCUT2D eigenvalue weighted by atomic mass is 16.5. The van der Waals surface area contributed by atoms with E-state index in [2.05, 4.69) is 0 Å². The maximum Gasteiger partial charge on any atom is 0.122 e. The third kappa shape index (κ3) is 3.56. The smallest absolute Gasteiger partial charge is 0.122 e. The number of aryl methyl sites for hydroxylation is 2. The highest BCUT2D eigenvalue weighted by Crippen LogP contribution is 2.28. The Kier molecular flexibility index (Phi) is 4.86. The molecule has 0 aliphatic heterocycles. The van der Waals surface area contributed by atoms with E-state index in [1.807, 2.05) is 50.2 Å². The minimum Gasteiger partial charge on any atom is -0.496 e. The molecular weight excluding hydrogens is 264 g/mol. The molecule has 3 heteroatoms. The van der Waals surface area contributed by atoms with Gasteiger partial charge in [0, 0.05) is 6.42 Å². The molecule has 1 unspecified atom stereocenters. The first-order valence-electron chi connectivity index (χ1n) is 7.01. The van der Waals surface area contributed by atoms with Crippen LogP contribution in [0.1, 0.15) is 28.4 Å². The van der Waals surface area contributed by atoms with E-state index >= 15 is 0 Å². The van der Waals surface area contributed by atoms with Crippen molar-refractivity contribution in [2.45, 2.75) is 26.4 Å². The number of methoxy groups -OCH3 is 2. The molecule has 3 nitrogen and oxygen atoms in total. The number of hydrogen-bond acceptors (Lipinski definition) is 3. The second kappa shape index (κ2) is 6.64. The van der Waals surface area contributed by atoms with Gasteiger partial charge in [0.1, 0.15) is 11.5 Å². The quantitative estimate of drug-likeness (QED) is 0.912. The fraction of sp³-hybridized carbons (Fsp3) is 0.333. The van der Waals surface area contributed by atoms with Gasteiger partial charge in [0.2, 0.25) is 0 Å². The molecule has 21 heavy (non-hydrogen) atoms. The Balaban J connectivity index is 2.25. The molecular formula is C18H22O3. The number of benzene rings is 2. The molecule has 0 heterocycles. The van der Waals surface area contributed by atoms with Crippen LogP contribution in [0.2, 0.25) is 0 Å². The number of ether oxygens (including phenoxy) is 2. The molecule has 1 N–H and O–H groups in total. The van der Waals surface area contributed by atoms with Crippen LogP contribution in [0.25, 0.3) is 0 Å². The Morgan fingerprint density at radius 1 is 0.952 bits per heavy atom. The summed E-state index contributed by atoms with van der Waals surface area (Å²) in [5.41, 5.74) is 4.06. The molecule has 0 radical (unpaired) electrons. The minimum absolute atomic E-state index is 0.511. The molecule has 0 aliphatic rings. The second-order valence-electron chi connectivity index (χ2n) is 5.26. The van der Waals surface area contributed by atoms with Crippen LogP contribution < -0.4 is 9.47 Å². The first kappa shape index (κ1) is 15.4. The predicted molar refractivity (Wildman–Crippen MR) is 84.1 cm³/mol. The van der Waals surface area contributed by atoms with E-state index in [1.165, 1.54) is 0 Å². The van der Waals surface area contributed by atoms with Crippen molar-refractivity contribution in [3.05, 3.63) is 58.7 Å². The molecule has 2 aromatic carbocycles. The maximum absolute atomic E-state index is 10.5. The van der Waals surface area contributed by atoms with Gasteiger partial charge in [0.15, 0.2) is 0 Å². The fourth-order valence-corrected chi connectivity index (χ4v) is 2.44. The van der Waals surface area contributed by atoms with Crippen molar-refractivity contribution in [3.8, 4) is 11.5 Å². The Bertz CT molecular complexity index is 620. The summed E-state index contributed by atoms with van der Waals surface area (Å²) in [6, 6.07) is 11.8. The molecule has 2 aromatic rings. The summed E-state index contributed by atoms with van der Waals surface area (Å²) in [7, 11) is 3.29. The van der Waals surface area contributed by atoms with Gasteiger partial charge in [-0.05, 0) is 42.7 Å². The van der Waals surface area contributed by atoms with Gasteiger partial charge in [0.25, 0.3) is 0 Å². The number of aliphatic hydroxyl groups excluding tert-OH is 1. The van der Waals surface area contributed by atoms with E-state index in [4.69, 9.17) is 9.47 Å². The molecule has 0 aliphatic carbocycles. The van der Waals surface area contributed by atoms with Gasteiger partial charge in [-0.3, -0.25) is 0 Å². The fourth-order valence-electron chi connectivity index (χ4n) is 2.44. The van der Waals surface area contributed by atoms with E-state index < -0.39 is 6.10 Å². The molecule has 0 fully saturated rings. The Labute approximate surface area is 126 Å². The lowest BCUT2D eigenvalue weighted by Gasteiger charge is -2.16. The monoisotopic (exact) mass is 286 g/mol. The van der Waals surface area contributed by atoms with Gasteiger partial charge in [0.05, 0.1) is 20.3 Å². The first-order valence-corrected chi connectivity index (χ1v) is 7.01. The Morgan fingerprint density at radius 3 is 2.33 bits per heavy atom. The molecule has 1 atom stereocenters. The van der Waals surface area contributed by atoms with Gasteiger partial charge in [-0.15, -0.1) is 0 Å². The molecule has 0 saturated carbocycles. The zero-order valence-electron chi connectivity index (χ0n) is 13.0. The van der Waals surface area contributed by atoms with Crippen LogP contribution >= 0.6 is 0 Å². The summed E-state index contributed by atoms with van der Waals surface area (Å²) >= 11 is 0. The van der Waals surface area contributed by atoms with Crippen molar-refractivity contribution in [1.82, 2.24) is 0 Å². The van der Waals surface area contributed by atoms with Gasteiger partial charge in [-0.25, -0.2) is 0 Å². The highest BCUT2D eigenvalue weighted by molar-refractivity contribution is 5.40. The minimum atomic E-state index is -0.588. The van der Waals surface area contributed by atoms with Crippen molar-refractivity contribution < 1.29 is 14.6 Å². The first-order chi connectivity index (χ1) is 10.0. The summed E-state index contributed by atoms with van der Waals surface area (Å²) < 4.78 is 10.7. The zero-order chi connectivity index (χ0) is 15.4. The van der Waals surface area contributed by atoms with Gasteiger partial charge in [-0.1, -0.05) is 29.8 Å². The average Bonchev–Trinajstić information content (AvgIpc) is 2.48. The second-order valence-corrected chi connectivity index (χ2v) is 5.26. The summed E-state index contributed by atoms with van der Waals surface area (Å²) in [4.78, 5) is 0. The van der Waals surface area contributed by atoms with Crippen LogP contribution in [0.5, 0.6) is 11.5 Å². The normalized spacial score (nSPS) is 12.0. The summed E-state index contributed by atoms with van der Waals surface area (Å²) in [5.74, 6) is 1.60. The molecule has 0 bridgehead atoms. The van der Waals surface area contributed by atoms with E-state index in [9.17, 15) is 5.11 Å². The van der Waals surface area contributed by atoms with Crippen LogP contribution in [-0.4, -0.2) is 19.3 Å². The van der Waals surface area contributed by atoms with Crippen LogP contribution in [0.3, 0.4) is 0 Å². The molecule has 0 amide bonds. The van der Waals surface area contributed by atoms with Gasteiger partial charge >= 0.3 is 0 Å². The van der Waals surface area contributed by atoms with E-state index in [0.717, 1.165) is 33.8 Å². The van der Waals surface area contributed by atoms with Crippen LogP contribution in [0.15, 0.2) is 36.4 Å². The topological polar surface area (TPSA) is 38.7 Å². The van der Waals surface area contributed by atoms with Crippen molar-refractivity contribution in [2.75, 3.05) is 14.2 Å². The largest absolute Gasteiger partial charge is 0.496 e. The van der Waals surface area contributed by atoms with Gasteiger partial charge in [-0.2, -0.15) is 0 Å². The predicted octanol–water partition coefficient (Wildman–Crippen LogP) is 3.60. The lowest BCUT2D eigenvalue weighted by atomic mass is 9.98. The van der Waals surface area contributed by atoms with Crippen molar-refractivity contribution in [1.29, 1.82) is 0 Å². The van der Waals surface area contributed by atoms with Crippen molar-refractivity contribution >= 4 is 0 Å². The average molecular weight is 286 g/mol. The summed E-state index contributed by atoms with van der Waals surface area (Å²) in [6.07, 6.45) is -0.0768. The third-order valence-corrected chi connectivity index (χ3v) is 3.67. The Morgan fingerprint density at radius 2 is 1.67 bits per heavy atom. The number of hydrogen-bond donors (Lipinski definition) is 1. The lowest BCUT2D eigenvalue weighted by molar-refractivity contribution is 0.177. The Hall–Kier alpha value is -2.00. The van der Waals surface area contributed by atoms with Crippen molar-refractivity contribution in [2.24, 2.45) is 0 Å². The molecule has 2 rings (SSSR count). The van der Waals surface area contributed by atoms with Crippen LogP contribution in [0.4, 0.5) is 0 Å². The lowest BCUT2D eigenvalue weighted by Crippen LogP contribution is -2.04. The van der Waals surface area contributed by atoms with Crippen molar-refractivity contribution in [3.63, 3.8) is 0 Å². The zero-order valence-corrected chi connectivity index (χ0v) is 13.0. The standard InChI is InChI=1S/C18H22O3/c1-12-5-8-17(20-3)15(9-12)10-16(19)14-7-6-13(2)18(11-14)21-4/h5-9,11,16,19H,10H2,1-4H3. The van der Waals surface area contributed by atoms with Crippen LogP contribution in [0, 0.1) is 13.8 Å². The maximum atomic E-state index is 10.5. The van der Waals surface area contributed by atoms with Gasteiger partial charge < -0.3 is 14.6 Å². The SMILES string of the molecule is COc1cc(C(O)Cc2cc(C)ccc2OC)ccc1C. The highest BCUT2D eigenvalue weighted by Gasteiger charge is 2.13. The summed E-state index contributed by atoms with van der Waals surface area (Å²) in [6.45, 7) is 4.02.